The highest BCUT2D eigenvalue weighted by Crippen LogP contribution is 2.34. The molecule has 0 spiro atoms. The maximum atomic E-state index is 5.39. The van der Waals surface area contributed by atoms with Gasteiger partial charge in [-0.3, -0.25) is 9.67 Å². The average molecular weight is 387 g/mol. The van der Waals surface area contributed by atoms with Gasteiger partial charge in [0.1, 0.15) is 11.5 Å². The summed E-state index contributed by atoms with van der Waals surface area (Å²) in [4.78, 5) is 11.3. The highest BCUT2D eigenvalue weighted by atomic mass is 16.5. The highest BCUT2D eigenvalue weighted by molar-refractivity contribution is 5.83. The fourth-order valence-electron chi connectivity index (χ4n) is 3.13. The van der Waals surface area contributed by atoms with E-state index in [4.69, 9.17) is 14.5 Å². The molecular formula is C22H21N5O2. The molecule has 0 unspecified atom stereocenters. The van der Waals surface area contributed by atoms with E-state index < -0.39 is 0 Å². The molecule has 0 amide bonds. The van der Waals surface area contributed by atoms with Crippen molar-refractivity contribution in [2.45, 2.75) is 0 Å². The smallest absolute Gasteiger partial charge is 0.124 e. The quantitative estimate of drug-likeness (QED) is 0.491. The summed E-state index contributed by atoms with van der Waals surface area (Å²) in [5.41, 5.74) is 5.06. The normalized spacial score (nSPS) is 10.7. The molecular weight excluding hydrogens is 366 g/mol. The highest BCUT2D eigenvalue weighted by Gasteiger charge is 2.12. The largest absolute Gasteiger partial charge is 0.497 e. The molecule has 2 aromatic heterocycles. The van der Waals surface area contributed by atoms with Crippen LogP contribution < -0.4 is 14.4 Å². The van der Waals surface area contributed by atoms with E-state index in [9.17, 15) is 0 Å². The number of aromatic nitrogens is 4. The number of methoxy groups -OCH3 is 2. The van der Waals surface area contributed by atoms with Gasteiger partial charge in [0.2, 0.25) is 0 Å². The van der Waals surface area contributed by atoms with Gasteiger partial charge in [0.15, 0.2) is 0 Å². The number of nitrogens with zero attached hydrogens (tertiary/aromatic N) is 5. The van der Waals surface area contributed by atoms with Crippen LogP contribution in [0.5, 0.6) is 11.5 Å². The summed E-state index contributed by atoms with van der Waals surface area (Å²) < 4.78 is 12.5. The maximum absolute atomic E-state index is 5.39. The lowest BCUT2D eigenvalue weighted by Crippen LogP contribution is -2.08. The van der Waals surface area contributed by atoms with E-state index in [1.54, 1.807) is 37.5 Å². The Morgan fingerprint density at radius 1 is 0.966 bits per heavy atom. The topological polar surface area (TPSA) is 65.3 Å². The molecule has 0 atom stereocenters. The van der Waals surface area contributed by atoms with Crippen LogP contribution in [-0.4, -0.2) is 34.0 Å². The molecule has 7 heteroatoms. The Balaban J connectivity index is 1.78. The first-order valence-corrected chi connectivity index (χ1v) is 9.02. The zero-order valence-corrected chi connectivity index (χ0v) is 16.5. The molecule has 0 aliphatic heterocycles. The van der Waals surface area contributed by atoms with Crippen LogP contribution in [0.15, 0.2) is 67.8 Å². The van der Waals surface area contributed by atoms with Gasteiger partial charge in [-0.2, -0.15) is 5.10 Å². The molecule has 4 rings (SSSR count). The van der Waals surface area contributed by atoms with Gasteiger partial charge in [-0.15, -0.1) is 0 Å². The van der Waals surface area contributed by atoms with E-state index in [0.29, 0.717) is 11.5 Å². The second-order valence-electron chi connectivity index (χ2n) is 6.45. The number of fused-ring (bicyclic) bond motifs is 1. The lowest BCUT2D eigenvalue weighted by atomic mass is 10.2. The van der Waals surface area contributed by atoms with Crippen molar-refractivity contribution in [3.63, 3.8) is 0 Å². The van der Waals surface area contributed by atoms with E-state index in [1.807, 2.05) is 54.5 Å². The summed E-state index contributed by atoms with van der Waals surface area (Å²) in [6.07, 6.45) is 7.20. The minimum absolute atomic E-state index is 0.700. The summed E-state index contributed by atoms with van der Waals surface area (Å²) >= 11 is 0. The van der Waals surface area contributed by atoms with Gasteiger partial charge in [-0.25, -0.2) is 4.98 Å². The van der Waals surface area contributed by atoms with Crippen molar-refractivity contribution in [1.82, 2.24) is 19.7 Å². The number of aryl methyl sites for hydroxylation is 1. The van der Waals surface area contributed by atoms with Crippen LogP contribution in [0, 0.1) is 0 Å². The Hall–Kier alpha value is -3.87. The van der Waals surface area contributed by atoms with Gasteiger partial charge in [-0.1, -0.05) is 6.58 Å². The van der Waals surface area contributed by atoms with Crippen molar-refractivity contribution in [3.05, 3.63) is 67.8 Å². The summed E-state index contributed by atoms with van der Waals surface area (Å²) in [6.45, 7) is 3.97. The second kappa shape index (κ2) is 7.63. The van der Waals surface area contributed by atoms with Crippen molar-refractivity contribution in [2.24, 2.45) is 7.05 Å². The first-order valence-electron chi connectivity index (χ1n) is 9.02. The summed E-state index contributed by atoms with van der Waals surface area (Å²) in [7, 11) is 5.13. The lowest BCUT2D eigenvalue weighted by Gasteiger charge is -2.22. The minimum atomic E-state index is 0.700. The van der Waals surface area contributed by atoms with Gasteiger partial charge in [0.25, 0.3) is 0 Å². The predicted octanol–water partition coefficient (Wildman–Crippen LogP) is 4.33. The fraction of sp³-hybridized carbons (Fsp3) is 0.136. The van der Waals surface area contributed by atoms with E-state index in [2.05, 4.69) is 16.7 Å². The Morgan fingerprint density at radius 3 is 2.34 bits per heavy atom. The third kappa shape index (κ3) is 3.62. The number of benzene rings is 2. The molecule has 4 aromatic rings. The molecule has 0 aliphatic carbocycles. The van der Waals surface area contributed by atoms with Crippen LogP contribution in [0.2, 0.25) is 0 Å². The molecule has 7 nitrogen and oxygen atoms in total. The Bertz CT molecular complexity index is 1160. The minimum Gasteiger partial charge on any atom is -0.497 e. The van der Waals surface area contributed by atoms with Crippen molar-refractivity contribution in [1.29, 1.82) is 0 Å². The van der Waals surface area contributed by atoms with Crippen LogP contribution in [0.1, 0.15) is 0 Å². The van der Waals surface area contributed by atoms with E-state index in [1.165, 1.54) is 0 Å². The van der Waals surface area contributed by atoms with Gasteiger partial charge < -0.3 is 14.4 Å². The van der Waals surface area contributed by atoms with Crippen LogP contribution in [-0.2, 0) is 7.05 Å². The standard InChI is InChI=1S/C22H21N5O2/c1-5-27(17-8-18(28-3)11-19(9-17)29-4)16-6-7-20-21(10-16)25-22(13-23-20)15-12-24-26(2)14-15/h5-14H,1H2,2-4H3. The predicted molar refractivity (Wildman–Crippen MR) is 114 cm³/mol. The SMILES string of the molecule is C=CN(c1cc(OC)cc(OC)c1)c1ccc2ncc(-c3cnn(C)c3)nc2c1. The van der Waals surface area contributed by atoms with Gasteiger partial charge in [0, 0.05) is 48.9 Å². The molecule has 0 aliphatic rings. The third-order valence-electron chi connectivity index (χ3n) is 4.60. The molecule has 29 heavy (non-hydrogen) atoms. The van der Waals surface area contributed by atoms with Gasteiger partial charge in [-0.05, 0) is 18.2 Å². The zero-order chi connectivity index (χ0) is 20.4. The van der Waals surface area contributed by atoms with Gasteiger partial charge in [0.05, 0.1) is 49.0 Å². The number of rotatable bonds is 6. The van der Waals surface area contributed by atoms with E-state index >= 15 is 0 Å². The second-order valence-corrected chi connectivity index (χ2v) is 6.45. The molecule has 0 saturated heterocycles. The molecule has 2 aromatic carbocycles. The fourth-order valence-corrected chi connectivity index (χ4v) is 3.13. The Kier molecular flexibility index (Phi) is 4.87. The molecule has 2 heterocycles. The zero-order valence-electron chi connectivity index (χ0n) is 16.5. The van der Waals surface area contributed by atoms with E-state index in [0.717, 1.165) is 33.7 Å². The molecule has 0 bridgehead atoms. The van der Waals surface area contributed by atoms with Crippen molar-refractivity contribution in [2.75, 3.05) is 19.1 Å². The number of ether oxygens (including phenoxy) is 2. The van der Waals surface area contributed by atoms with Crippen LogP contribution >= 0.6 is 0 Å². The lowest BCUT2D eigenvalue weighted by molar-refractivity contribution is 0.394. The summed E-state index contributed by atoms with van der Waals surface area (Å²) in [5, 5.41) is 4.21. The maximum Gasteiger partial charge on any atom is 0.124 e. The Morgan fingerprint density at radius 2 is 1.72 bits per heavy atom. The number of hydrogen-bond donors (Lipinski definition) is 0. The van der Waals surface area contributed by atoms with Crippen molar-refractivity contribution < 1.29 is 9.47 Å². The number of hydrogen-bond acceptors (Lipinski definition) is 6. The van der Waals surface area contributed by atoms with Crippen molar-refractivity contribution >= 4 is 22.4 Å². The molecule has 0 N–H and O–H groups in total. The average Bonchev–Trinajstić information content (AvgIpc) is 3.19. The molecule has 0 fully saturated rings. The van der Waals surface area contributed by atoms with Crippen LogP contribution in [0.3, 0.4) is 0 Å². The van der Waals surface area contributed by atoms with Crippen LogP contribution in [0.25, 0.3) is 22.3 Å². The summed E-state index contributed by atoms with van der Waals surface area (Å²) in [6, 6.07) is 11.6. The van der Waals surface area contributed by atoms with Crippen LogP contribution in [0.4, 0.5) is 11.4 Å². The van der Waals surface area contributed by atoms with Crippen molar-refractivity contribution in [3.8, 4) is 22.8 Å². The summed E-state index contributed by atoms with van der Waals surface area (Å²) in [5.74, 6) is 1.40. The van der Waals surface area contributed by atoms with E-state index in [-0.39, 0.29) is 0 Å². The first-order chi connectivity index (χ1) is 14.1. The molecule has 0 saturated carbocycles. The third-order valence-corrected chi connectivity index (χ3v) is 4.60. The molecule has 146 valence electrons. The Labute approximate surface area is 168 Å². The molecule has 0 radical (unpaired) electrons. The monoisotopic (exact) mass is 387 g/mol. The van der Waals surface area contributed by atoms with Gasteiger partial charge >= 0.3 is 0 Å². The first kappa shape index (κ1) is 18.5. The number of anilines is 2.